The Labute approximate surface area is 115 Å². The monoisotopic (exact) mass is 287 g/mol. The van der Waals surface area contributed by atoms with Crippen molar-refractivity contribution in [3.8, 4) is 5.69 Å². The van der Waals surface area contributed by atoms with Crippen molar-refractivity contribution in [1.82, 2.24) is 13.9 Å². The van der Waals surface area contributed by atoms with Crippen LogP contribution in [0.3, 0.4) is 0 Å². The Hall–Kier alpha value is -2.54. The van der Waals surface area contributed by atoms with Gasteiger partial charge in [0.05, 0.1) is 0 Å². The van der Waals surface area contributed by atoms with Crippen molar-refractivity contribution in [2.24, 2.45) is 0 Å². The van der Waals surface area contributed by atoms with Crippen molar-refractivity contribution in [1.29, 1.82) is 0 Å². The van der Waals surface area contributed by atoms with Gasteiger partial charge in [-0.1, -0.05) is 0 Å². The second-order valence-corrected chi connectivity index (χ2v) is 4.87. The van der Waals surface area contributed by atoms with E-state index in [1.807, 2.05) is 0 Å². The first-order valence-electron chi connectivity index (χ1n) is 5.73. The lowest BCUT2D eigenvalue weighted by molar-refractivity contribution is 0.550. The molecule has 0 radical (unpaired) electrons. The second kappa shape index (κ2) is 3.97. The summed E-state index contributed by atoms with van der Waals surface area (Å²) >= 11 is 1.26. The molecule has 0 atom stereocenters. The van der Waals surface area contributed by atoms with Gasteiger partial charge in [-0.3, -0.25) is 4.57 Å². The Kier molecular flexibility index (Phi) is 2.25. The van der Waals surface area contributed by atoms with Crippen LogP contribution >= 0.6 is 11.5 Å². The summed E-state index contributed by atoms with van der Waals surface area (Å²) in [6.07, 6.45) is 1.52. The predicted molar refractivity (Wildman–Crippen MR) is 72.7 cm³/mol. The zero-order valence-electron chi connectivity index (χ0n) is 9.91. The van der Waals surface area contributed by atoms with Gasteiger partial charge in [-0.25, -0.2) is 14.2 Å². The Balaban J connectivity index is 2.05. The van der Waals surface area contributed by atoms with Gasteiger partial charge in [0.1, 0.15) is 28.9 Å². The van der Waals surface area contributed by atoms with Gasteiger partial charge in [0.25, 0.3) is 0 Å². The second-order valence-electron chi connectivity index (χ2n) is 4.24. The summed E-state index contributed by atoms with van der Waals surface area (Å²) in [6, 6.07) is 5.71. The number of imidazole rings is 1. The highest BCUT2D eigenvalue weighted by molar-refractivity contribution is 7.04. The van der Waals surface area contributed by atoms with Crippen LogP contribution in [-0.4, -0.2) is 13.9 Å². The molecule has 4 aromatic rings. The minimum absolute atomic E-state index is 0.216. The molecule has 3 heterocycles. The SMILES string of the molecule is O=c1oc2cc(F)ccc2cc1-n1cnc2csnc21. The highest BCUT2D eigenvalue weighted by Crippen LogP contribution is 2.20. The fourth-order valence-corrected chi connectivity index (χ4v) is 2.67. The van der Waals surface area contributed by atoms with E-state index in [9.17, 15) is 9.18 Å². The molecule has 0 unspecified atom stereocenters. The molecule has 0 aliphatic rings. The van der Waals surface area contributed by atoms with E-state index in [0.29, 0.717) is 22.2 Å². The topological polar surface area (TPSA) is 60.9 Å². The van der Waals surface area contributed by atoms with E-state index in [1.54, 1.807) is 22.1 Å². The molecule has 0 fully saturated rings. The summed E-state index contributed by atoms with van der Waals surface area (Å²) in [5.41, 5.74) is 1.28. The third-order valence-electron chi connectivity index (χ3n) is 3.01. The van der Waals surface area contributed by atoms with Gasteiger partial charge in [-0.15, -0.1) is 0 Å². The van der Waals surface area contributed by atoms with E-state index in [-0.39, 0.29) is 5.58 Å². The Morgan fingerprint density at radius 2 is 2.20 bits per heavy atom. The molecule has 1 aromatic carbocycles. The Bertz CT molecular complexity index is 1000. The number of benzene rings is 1. The van der Waals surface area contributed by atoms with Crippen molar-refractivity contribution < 1.29 is 8.81 Å². The summed E-state index contributed by atoms with van der Waals surface area (Å²) in [7, 11) is 0. The molecular weight excluding hydrogens is 281 g/mol. The molecule has 0 amide bonds. The molecule has 3 aromatic heterocycles. The summed E-state index contributed by atoms with van der Waals surface area (Å²) in [5.74, 6) is -0.446. The fourth-order valence-electron chi connectivity index (χ4n) is 2.07. The highest BCUT2D eigenvalue weighted by atomic mass is 32.1. The molecule has 0 aliphatic carbocycles. The number of nitrogens with zero attached hydrogens (tertiary/aromatic N) is 3. The Morgan fingerprint density at radius 1 is 1.30 bits per heavy atom. The number of hydrogen-bond donors (Lipinski definition) is 0. The molecular formula is C13H6FN3O2S. The molecule has 7 heteroatoms. The van der Waals surface area contributed by atoms with Crippen molar-refractivity contribution in [2.45, 2.75) is 0 Å². The molecule has 0 aliphatic heterocycles. The van der Waals surface area contributed by atoms with Crippen molar-refractivity contribution in [3.05, 3.63) is 52.2 Å². The molecule has 20 heavy (non-hydrogen) atoms. The van der Waals surface area contributed by atoms with Gasteiger partial charge in [0.2, 0.25) is 0 Å². The van der Waals surface area contributed by atoms with Gasteiger partial charge in [0, 0.05) is 16.8 Å². The standard InChI is InChI=1S/C13H6FN3O2S/c14-8-2-1-7-3-10(13(18)19-11(7)4-8)17-6-15-9-5-20-16-12(9)17/h1-6H. The number of rotatable bonds is 1. The first-order valence-corrected chi connectivity index (χ1v) is 6.57. The molecule has 0 spiro atoms. The Morgan fingerprint density at radius 3 is 3.10 bits per heavy atom. The summed E-state index contributed by atoms with van der Waals surface area (Å²) in [4.78, 5) is 16.2. The van der Waals surface area contributed by atoms with Gasteiger partial charge in [-0.05, 0) is 29.7 Å². The molecule has 0 bridgehead atoms. The number of hydrogen-bond acceptors (Lipinski definition) is 5. The molecule has 0 N–H and O–H groups in total. The predicted octanol–water partition coefficient (Wildman–Crippen LogP) is 2.73. The summed E-state index contributed by atoms with van der Waals surface area (Å²) in [6.45, 7) is 0. The fraction of sp³-hybridized carbons (Fsp3) is 0. The van der Waals surface area contributed by atoms with Crippen LogP contribution in [-0.2, 0) is 0 Å². The quantitative estimate of drug-likeness (QED) is 0.505. The molecule has 0 saturated carbocycles. The number of aromatic nitrogens is 3. The van der Waals surface area contributed by atoms with Crippen molar-refractivity contribution in [2.75, 3.05) is 0 Å². The molecule has 5 nitrogen and oxygen atoms in total. The van der Waals surface area contributed by atoms with Crippen molar-refractivity contribution >= 4 is 33.7 Å². The maximum atomic E-state index is 13.1. The summed E-state index contributed by atoms with van der Waals surface area (Å²) in [5, 5.41) is 2.43. The van der Waals surface area contributed by atoms with E-state index in [0.717, 1.165) is 0 Å². The minimum atomic E-state index is -0.560. The first-order chi connectivity index (χ1) is 9.72. The van der Waals surface area contributed by atoms with Crippen LogP contribution in [0.4, 0.5) is 4.39 Å². The summed E-state index contributed by atoms with van der Waals surface area (Å²) < 4.78 is 24.0. The lowest BCUT2D eigenvalue weighted by Crippen LogP contribution is -2.09. The van der Waals surface area contributed by atoms with E-state index >= 15 is 0 Å². The molecule has 0 saturated heterocycles. The lowest BCUT2D eigenvalue weighted by atomic mass is 10.2. The molecule has 98 valence electrons. The molecule has 4 rings (SSSR count). The van der Waals surface area contributed by atoms with Gasteiger partial charge < -0.3 is 4.42 Å². The maximum absolute atomic E-state index is 13.1. The highest BCUT2D eigenvalue weighted by Gasteiger charge is 2.12. The van der Waals surface area contributed by atoms with Crippen LogP contribution in [0.1, 0.15) is 0 Å². The zero-order valence-corrected chi connectivity index (χ0v) is 10.7. The van der Waals surface area contributed by atoms with E-state index in [1.165, 1.54) is 30.0 Å². The number of halogens is 1. The average molecular weight is 287 g/mol. The van der Waals surface area contributed by atoms with E-state index in [2.05, 4.69) is 9.36 Å². The van der Waals surface area contributed by atoms with E-state index in [4.69, 9.17) is 4.42 Å². The van der Waals surface area contributed by atoms with Crippen molar-refractivity contribution in [3.63, 3.8) is 0 Å². The van der Waals surface area contributed by atoms with Crippen LogP contribution in [0.5, 0.6) is 0 Å². The maximum Gasteiger partial charge on any atom is 0.360 e. The van der Waals surface area contributed by atoms with Crippen LogP contribution in [0, 0.1) is 5.82 Å². The van der Waals surface area contributed by atoms with Crippen LogP contribution in [0.25, 0.3) is 27.8 Å². The average Bonchev–Trinajstić information content (AvgIpc) is 3.00. The normalized spacial score (nSPS) is 11.4. The third kappa shape index (κ3) is 1.56. The van der Waals surface area contributed by atoms with Gasteiger partial charge in [0.15, 0.2) is 5.65 Å². The largest absolute Gasteiger partial charge is 0.421 e. The van der Waals surface area contributed by atoms with Gasteiger partial charge >= 0.3 is 5.63 Å². The van der Waals surface area contributed by atoms with Crippen LogP contribution in [0.15, 0.2) is 45.2 Å². The number of fused-ring (bicyclic) bond motifs is 2. The minimum Gasteiger partial charge on any atom is -0.421 e. The van der Waals surface area contributed by atoms with Crippen LogP contribution < -0.4 is 5.63 Å². The van der Waals surface area contributed by atoms with E-state index < -0.39 is 11.4 Å². The smallest absolute Gasteiger partial charge is 0.360 e. The van der Waals surface area contributed by atoms with Gasteiger partial charge in [-0.2, -0.15) is 4.37 Å². The first kappa shape index (κ1) is 11.3. The lowest BCUT2D eigenvalue weighted by Gasteiger charge is -2.02. The third-order valence-corrected chi connectivity index (χ3v) is 3.62. The van der Waals surface area contributed by atoms with Crippen LogP contribution in [0.2, 0.25) is 0 Å². The zero-order chi connectivity index (χ0) is 13.7.